The van der Waals surface area contributed by atoms with Gasteiger partial charge in [-0.1, -0.05) is 18.2 Å². The molecule has 4 aromatic rings. The van der Waals surface area contributed by atoms with Gasteiger partial charge in [-0.25, -0.2) is 14.6 Å². The normalized spacial score (nSPS) is 19.1. The van der Waals surface area contributed by atoms with Crippen molar-refractivity contribution < 1.29 is 9.84 Å². The molecule has 5 rings (SSSR count). The van der Waals surface area contributed by atoms with E-state index in [1.807, 2.05) is 59.3 Å². The van der Waals surface area contributed by atoms with Gasteiger partial charge in [0, 0.05) is 5.56 Å². The molecule has 0 saturated heterocycles. The maximum Gasteiger partial charge on any atom is 0.164 e. The summed E-state index contributed by atoms with van der Waals surface area (Å²) >= 11 is 0. The molecule has 1 saturated carbocycles. The van der Waals surface area contributed by atoms with Crippen LogP contribution in [0.3, 0.4) is 0 Å². The van der Waals surface area contributed by atoms with E-state index in [0.29, 0.717) is 17.9 Å². The lowest BCUT2D eigenvalue weighted by atomic mass is 9.93. The molecule has 7 nitrogen and oxygen atoms in total. The molecule has 7 heteroatoms. The highest BCUT2D eigenvalue weighted by Crippen LogP contribution is 2.36. The fourth-order valence-corrected chi connectivity index (χ4v) is 4.12. The van der Waals surface area contributed by atoms with E-state index in [1.165, 1.54) is 6.33 Å². The average molecular weight is 401 g/mol. The van der Waals surface area contributed by atoms with Gasteiger partial charge >= 0.3 is 0 Å². The van der Waals surface area contributed by atoms with Crippen LogP contribution < -0.4 is 10.5 Å². The molecule has 0 bridgehead atoms. The molecule has 0 radical (unpaired) electrons. The van der Waals surface area contributed by atoms with Crippen LogP contribution in [0.1, 0.15) is 31.7 Å². The molecule has 2 aromatic heterocycles. The van der Waals surface area contributed by atoms with Gasteiger partial charge < -0.3 is 15.6 Å². The van der Waals surface area contributed by atoms with E-state index in [2.05, 4.69) is 9.97 Å². The number of fused-ring (bicyclic) bond motifs is 1. The Hall–Kier alpha value is -3.45. The van der Waals surface area contributed by atoms with Crippen LogP contribution in [0.15, 0.2) is 60.9 Å². The van der Waals surface area contributed by atoms with Crippen LogP contribution >= 0.6 is 0 Å². The molecule has 1 aliphatic carbocycles. The van der Waals surface area contributed by atoms with Crippen molar-refractivity contribution in [3.63, 3.8) is 0 Å². The van der Waals surface area contributed by atoms with Gasteiger partial charge in [0.25, 0.3) is 0 Å². The van der Waals surface area contributed by atoms with Gasteiger partial charge in [0.1, 0.15) is 29.3 Å². The van der Waals surface area contributed by atoms with Crippen molar-refractivity contribution in [1.29, 1.82) is 0 Å². The first kappa shape index (κ1) is 18.6. The molecule has 2 heterocycles. The Labute approximate surface area is 174 Å². The second-order valence-electron chi connectivity index (χ2n) is 7.66. The number of aliphatic hydroxyl groups excluding tert-OH is 1. The van der Waals surface area contributed by atoms with E-state index < -0.39 is 0 Å². The van der Waals surface area contributed by atoms with E-state index in [1.54, 1.807) is 0 Å². The molecule has 2 aromatic carbocycles. The Bertz CT molecular complexity index is 1160. The average Bonchev–Trinajstić information content (AvgIpc) is 3.16. The quantitative estimate of drug-likeness (QED) is 0.528. The minimum atomic E-state index is -0.306. The van der Waals surface area contributed by atoms with Gasteiger partial charge in [0.15, 0.2) is 5.65 Å². The minimum absolute atomic E-state index is 0.0972. The molecule has 0 aliphatic heterocycles. The van der Waals surface area contributed by atoms with Crippen molar-refractivity contribution in [1.82, 2.24) is 19.7 Å². The maximum atomic E-state index is 10.1. The zero-order valence-corrected chi connectivity index (χ0v) is 16.5. The lowest BCUT2D eigenvalue weighted by molar-refractivity contribution is 0.101. The minimum Gasteiger partial charge on any atom is -0.457 e. The van der Waals surface area contributed by atoms with Crippen LogP contribution in [0.4, 0.5) is 5.82 Å². The molecule has 0 unspecified atom stereocenters. The van der Waals surface area contributed by atoms with Gasteiger partial charge in [0.05, 0.1) is 17.5 Å². The molecule has 0 amide bonds. The molecule has 152 valence electrons. The number of nitrogen functional groups attached to an aromatic ring is 1. The SMILES string of the molecule is Nc1ncnc2c1c(-c1ccc(Oc3ccccc3)cc1)nn2[C@@H]1CCC[C@H](O)C1. The summed E-state index contributed by atoms with van der Waals surface area (Å²) in [5.74, 6) is 1.93. The first-order valence-corrected chi connectivity index (χ1v) is 10.2. The van der Waals surface area contributed by atoms with E-state index in [0.717, 1.165) is 47.4 Å². The summed E-state index contributed by atoms with van der Waals surface area (Å²) in [5, 5.41) is 15.7. The van der Waals surface area contributed by atoms with Crippen molar-refractivity contribution in [3.05, 3.63) is 60.9 Å². The summed E-state index contributed by atoms with van der Waals surface area (Å²) in [6.45, 7) is 0. The van der Waals surface area contributed by atoms with Crippen molar-refractivity contribution in [3.8, 4) is 22.8 Å². The van der Waals surface area contributed by atoms with Crippen LogP contribution in [-0.2, 0) is 0 Å². The third-order valence-corrected chi connectivity index (χ3v) is 5.59. The van der Waals surface area contributed by atoms with E-state index in [4.69, 9.17) is 15.6 Å². The number of ether oxygens (including phenoxy) is 1. The molecular formula is C23H23N5O2. The lowest BCUT2D eigenvalue weighted by Crippen LogP contribution is -2.23. The highest BCUT2D eigenvalue weighted by atomic mass is 16.5. The number of benzene rings is 2. The molecule has 1 fully saturated rings. The number of hydrogen-bond donors (Lipinski definition) is 2. The number of rotatable bonds is 4. The Balaban J connectivity index is 1.52. The fourth-order valence-electron chi connectivity index (χ4n) is 4.12. The summed E-state index contributed by atoms with van der Waals surface area (Å²) in [6.07, 6.45) is 4.60. The van der Waals surface area contributed by atoms with E-state index in [-0.39, 0.29) is 12.1 Å². The second kappa shape index (κ2) is 7.76. The number of para-hydroxylation sites is 1. The molecule has 30 heavy (non-hydrogen) atoms. The molecule has 3 N–H and O–H groups in total. The van der Waals surface area contributed by atoms with Gasteiger partial charge in [-0.15, -0.1) is 0 Å². The number of anilines is 1. The van der Waals surface area contributed by atoms with Crippen LogP contribution in [0, 0.1) is 0 Å². The van der Waals surface area contributed by atoms with Gasteiger partial charge in [-0.2, -0.15) is 5.10 Å². The van der Waals surface area contributed by atoms with Gasteiger partial charge in [0.2, 0.25) is 0 Å². The predicted octanol–water partition coefficient (Wildman–Crippen LogP) is 4.34. The smallest absolute Gasteiger partial charge is 0.164 e. The highest BCUT2D eigenvalue weighted by Gasteiger charge is 2.26. The number of aliphatic hydroxyl groups is 1. The largest absolute Gasteiger partial charge is 0.457 e. The van der Waals surface area contributed by atoms with E-state index >= 15 is 0 Å². The van der Waals surface area contributed by atoms with Crippen molar-refractivity contribution in [2.24, 2.45) is 0 Å². The van der Waals surface area contributed by atoms with Crippen molar-refractivity contribution in [2.45, 2.75) is 37.8 Å². The van der Waals surface area contributed by atoms with Gasteiger partial charge in [-0.3, -0.25) is 0 Å². The van der Waals surface area contributed by atoms with Crippen LogP contribution in [0.25, 0.3) is 22.3 Å². The monoisotopic (exact) mass is 401 g/mol. The molecule has 0 spiro atoms. The number of hydrogen-bond acceptors (Lipinski definition) is 6. The zero-order chi connectivity index (χ0) is 20.5. The molecular weight excluding hydrogens is 378 g/mol. The van der Waals surface area contributed by atoms with Crippen LogP contribution in [0.2, 0.25) is 0 Å². The predicted molar refractivity (Wildman–Crippen MR) is 115 cm³/mol. The molecule has 2 atom stereocenters. The van der Waals surface area contributed by atoms with Crippen molar-refractivity contribution >= 4 is 16.9 Å². The summed E-state index contributed by atoms with van der Waals surface area (Å²) in [4.78, 5) is 8.64. The lowest BCUT2D eigenvalue weighted by Gasteiger charge is -2.26. The third kappa shape index (κ3) is 3.48. The molecule has 1 aliphatic rings. The Morgan fingerprint density at radius 3 is 2.50 bits per heavy atom. The first-order chi connectivity index (χ1) is 14.7. The zero-order valence-electron chi connectivity index (χ0n) is 16.5. The van der Waals surface area contributed by atoms with Crippen LogP contribution in [0.5, 0.6) is 11.5 Å². The Morgan fingerprint density at radius 2 is 1.73 bits per heavy atom. The standard InChI is InChI=1S/C23H23N5O2/c24-22-20-21(15-9-11-19(12-10-15)30-18-7-2-1-3-8-18)27-28(23(20)26-14-25-22)16-5-4-6-17(29)13-16/h1-3,7-12,14,16-17,29H,4-6,13H2,(H2,24,25,26)/t16-,17+/m1/s1. The van der Waals surface area contributed by atoms with E-state index in [9.17, 15) is 5.11 Å². The summed E-state index contributed by atoms with van der Waals surface area (Å²) in [7, 11) is 0. The van der Waals surface area contributed by atoms with Crippen LogP contribution in [-0.4, -0.2) is 31.0 Å². The van der Waals surface area contributed by atoms with Gasteiger partial charge in [-0.05, 0) is 62.1 Å². The number of aromatic nitrogens is 4. The summed E-state index contributed by atoms with van der Waals surface area (Å²) < 4.78 is 7.81. The summed E-state index contributed by atoms with van der Waals surface area (Å²) in [6, 6.07) is 17.5. The number of nitrogens with zero attached hydrogens (tertiary/aromatic N) is 4. The number of nitrogens with two attached hydrogens (primary N) is 1. The maximum absolute atomic E-state index is 10.1. The Morgan fingerprint density at radius 1 is 0.967 bits per heavy atom. The first-order valence-electron chi connectivity index (χ1n) is 10.2. The highest BCUT2D eigenvalue weighted by molar-refractivity contribution is 5.98. The summed E-state index contributed by atoms with van der Waals surface area (Å²) in [5.41, 5.74) is 8.59. The Kier molecular flexibility index (Phi) is 4.80. The third-order valence-electron chi connectivity index (χ3n) is 5.59. The van der Waals surface area contributed by atoms with Crippen molar-refractivity contribution in [2.75, 3.05) is 5.73 Å². The second-order valence-corrected chi connectivity index (χ2v) is 7.66. The topological polar surface area (TPSA) is 99.1 Å². The fraction of sp³-hybridized carbons (Fsp3) is 0.261.